The molecule has 0 bridgehead atoms. The Hall–Kier alpha value is -1.12. The van der Waals surface area contributed by atoms with Crippen molar-refractivity contribution in [3.05, 3.63) is 30.3 Å². The molecule has 2 unspecified atom stereocenters. The second kappa shape index (κ2) is 5.99. The van der Waals surface area contributed by atoms with E-state index in [1.165, 1.54) is 0 Å². The van der Waals surface area contributed by atoms with E-state index in [1.54, 1.807) is 26.0 Å². The summed E-state index contributed by atoms with van der Waals surface area (Å²) in [6, 6.07) is 9.07. The van der Waals surface area contributed by atoms with Crippen molar-refractivity contribution in [1.29, 1.82) is 0 Å². The lowest BCUT2D eigenvalue weighted by molar-refractivity contribution is -0.118. The molecule has 0 aromatic heterocycles. The fourth-order valence-corrected chi connectivity index (χ4v) is 2.71. The molecule has 0 spiro atoms. The summed E-state index contributed by atoms with van der Waals surface area (Å²) in [6.07, 6.45) is 0.234. The smallest absolute Gasteiger partial charge is 0.227 e. The van der Waals surface area contributed by atoms with Gasteiger partial charge in [0.15, 0.2) is 0 Å². The highest BCUT2D eigenvalue weighted by Gasteiger charge is 2.23. The summed E-state index contributed by atoms with van der Waals surface area (Å²) in [5.41, 5.74) is 0.702. The zero-order chi connectivity index (χ0) is 12.9. The van der Waals surface area contributed by atoms with Crippen molar-refractivity contribution in [3.63, 3.8) is 0 Å². The van der Waals surface area contributed by atoms with Crippen molar-refractivity contribution in [2.45, 2.75) is 13.8 Å². The highest BCUT2D eigenvalue weighted by molar-refractivity contribution is 7.58. The molecule has 0 aliphatic carbocycles. The molecule has 0 aliphatic rings. The molecule has 0 aliphatic heterocycles. The maximum absolute atomic E-state index is 11.8. The second-order valence-electron chi connectivity index (χ2n) is 4.10. The van der Waals surface area contributed by atoms with E-state index in [0.717, 1.165) is 0 Å². The Kier molecular flexibility index (Phi) is 4.91. The van der Waals surface area contributed by atoms with E-state index in [-0.39, 0.29) is 18.2 Å². The lowest BCUT2D eigenvalue weighted by Crippen LogP contribution is -2.23. The first-order chi connectivity index (χ1) is 7.94. The average Bonchev–Trinajstić information content (AvgIpc) is 2.30. The molecule has 5 heteroatoms. The molecule has 0 saturated heterocycles. The molecule has 1 aromatic carbocycles. The zero-order valence-corrected chi connectivity index (χ0v) is 11.0. The topological polar surface area (TPSA) is 66.4 Å². The number of hydrogen-bond donors (Lipinski definition) is 2. The molecule has 94 valence electrons. The van der Waals surface area contributed by atoms with Gasteiger partial charge in [0.05, 0.1) is 0 Å². The number of hydrogen-bond acceptors (Lipinski definition) is 2. The maximum Gasteiger partial charge on any atom is 0.227 e. The molecule has 1 amide bonds. The van der Waals surface area contributed by atoms with Crippen LogP contribution in [0.1, 0.15) is 13.8 Å². The van der Waals surface area contributed by atoms with Crippen LogP contribution < -0.4 is 5.32 Å². The van der Waals surface area contributed by atoms with Gasteiger partial charge in [0, 0.05) is 23.9 Å². The zero-order valence-electron chi connectivity index (χ0n) is 10.1. The van der Waals surface area contributed by atoms with Crippen LogP contribution in [-0.2, 0) is 9.36 Å². The van der Waals surface area contributed by atoms with E-state index in [0.29, 0.717) is 5.69 Å². The van der Waals surface area contributed by atoms with Gasteiger partial charge in [-0.15, -0.1) is 0 Å². The van der Waals surface area contributed by atoms with Crippen LogP contribution in [0.2, 0.25) is 0 Å². The molecule has 1 aromatic rings. The summed E-state index contributed by atoms with van der Waals surface area (Å²) in [7, 11) is -3.15. The van der Waals surface area contributed by atoms with E-state index in [4.69, 9.17) is 0 Å². The third-order valence-electron chi connectivity index (χ3n) is 2.54. The third kappa shape index (κ3) is 4.72. The van der Waals surface area contributed by atoms with Crippen LogP contribution in [0.4, 0.5) is 5.69 Å². The third-order valence-corrected chi connectivity index (χ3v) is 4.65. The van der Waals surface area contributed by atoms with E-state index >= 15 is 0 Å². The van der Waals surface area contributed by atoms with E-state index in [1.807, 2.05) is 18.2 Å². The number of anilines is 1. The fraction of sp³-hybridized carbons (Fsp3) is 0.417. The van der Waals surface area contributed by atoms with Gasteiger partial charge in [-0.3, -0.25) is 9.36 Å². The number of benzene rings is 1. The summed E-state index contributed by atoms with van der Waals surface area (Å²) in [4.78, 5) is 21.2. The lowest BCUT2D eigenvalue weighted by Gasteiger charge is -2.15. The minimum Gasteiger partial charge on any atom is -0.344 e. The largest absolute Gasteiger partial charge is 0.344 e. The molecule has 0 saturated carbocycles. The maximum atomic E-state index is 11.8. The number of nitrogens with one attached hydrogen (secondary N) is 1. The van der Waals surface area contributed by atoms with Gasteiger partial charge in [-0.1, -0.05) is 32.0 Å². The highest BCUT2D eigenvalue weighted by Crippen LogP contribution is 2.41. The van der Waals surface area contributed by atoms with Crippen molar-refractivity contribution in [2.24, 2.45) is 5.92 Å². The minimum absolute atomic E-state index is 0.0299. The number of carbonyl (C=O) groups excluding carboxylic acids is 1. The standard InChI is InChI=1S/C12H18NO3P/c1-3-17(15,16)9-10(2)12(14)13-11-7-5-4-6-8-11/h4-8,10H,3,9H2,1-2H3,(H,13,14)(H,15,16). The van der Waals surface area contributed by atoms with Gasteiger partial charge in [0.1, 0.15) is 0 Å². The first kappa shape index (κ1) is 13.9. The van der Waals surface area contributed by atoms with Gasteiger partial charge in [0.2, 0.25) is 13.3 Å². The minimum atomic E-state index is -3.15. The molecule has 0 fully saturated rings. The van der Waals surface area contributed by atoms with E-state index in [9.17, 15) is 14.3 Å². The highest BCUT2D eigenvalue weighted by atomic mass is 31.2. The predicted molar refractivity (Wildman–Crippen MR) is 69.5 cm³/mol. The van der Waals surface area contributed by atoms with Crippen molar-refractivity contribution >= 4 is 19.0 Å². The van der Waals surface area contributed by atoms with Crippen LogP contribution in [0.3, 0.4) is 0 Å². The Balaban J connectivity index is 2.57. The Labute approximate surface area is 102 Å². The first-order valence-corrected chi connectivity index (χ1v) is 7.64. The number of rotatable bonds is 5. The van der Waals surface area contributed by atoms with E-state index < -0.39 is 13.3 Å². The molecule has 0 heterocycles. The molecule has 4 nitrogen and oxygen atoms in total. The summed E-state index contributed by atoms with van der Waals surface area (Å²) < 4.78 is 11.5. The Bertz CT molecular complexity index is 419. The monoisotopic (exact) mass is 255 g/mol. The van der Waals surface area contributed by atoms with Crippen LogP contribution in [-0.4, -0.2) is 23.1 Å². The Morgan fingerprint density at radius 1 is 1.41 bits per heavy atom. The summed E-state index contributed by atoms with van der Waals surface area (Å²) in [5.74, 6) is -0.690. The van der Waals surface area contributed by atoms with Crippen LogP contribution >= 0.6 is 7.37 Å². The number of amides is 1. The van der Waals surface area contributed by atoms with Gasteiger partial charge >= 0.3 is 0 Å². The molecular formula is C12H18NO3P. The molecule has 1 rings (SSSR count). The van der Waals surface area contributed by atoms with Crippen LogP contribution in [0, 0.1) is 5.92 Å². The van der Waals surface area contributed by atoms with Gasteiger partial charge in [-0.25, -0.2) is 0 Å². The number of carbonyl (C=O) groups is 1. The van der Waals surface area contributed by atoms with Crippen molar-refractivity contribution in [3.8, 4) is 0 Å². The van der Waals surface area contributed by atoms with Crippen molar-refractivity contribution in [2.75, 3.05) is 17.6 Å². The number of para-hydroxylation sites is 1. The van der Waals surface area contributed by atoms with Crippen LogP contribution in [0.15, 0.2) is 30.3 Å². The summed E-state index contributed by atoms with van der Waals surface area (Å²) >= 11 is 0. The van der Waals surface area contributed by atoms with Crippen LogP contribution in [0.5, 0.6) is 0 Å². The molecule has 0 radical (unpaired) electrons. The normalized spacial score (nSPS) is 15.9. The van der Waals surface area contributed by atoms with Gasteiger partial charge in [0.25, 0.3) is 0 Å². The van der Waals surface area contributed by atoms with Gasteiger partial charge in [-0.2, -0.15) is 0 Å². The molecule has 2 N–H and O–H groups in total. The summed E-state index contributed by atoms with van der Waals surface area (Å²) in [6.45, 7) is 3.32. The van der Waals surface area contributed by atoms with Crippen molar-refractivity contribution in [1.82, 2.24) is 0 Å². The molecular weight excluding hydrogens is 237 g/mol. The Morgan fingerprint density at radius 3 is 2.53 bits per heavy atom. The van der Waals surface area contributed by atoms with Crippen molar-refractivity contribution < 1.29 is 14.3 Å². The van der Waals surface area contributed by atoms with Gasteiger partial charge in [-0.05, 0) is 12.1 Å². The average molecular weight is 255 g/mol. The van der Waals surface area contributed by atoms with Crippen LogP contribution in [0.25, 0.3) is 0 Å². The predicted octanol–water partition coefficient (Wildman–Crippen LogP) is 2.55. The van der Waals surface area contributed by atoms with E-state index in [2.05, 4.69) is 5.32 Å². The fourth-order valence-electron chi connectivity index (χ4n) is 1.43. The second-order valence-corrected chi connectivity index (χ2v) is 6.79. The quantitative estimate of drug-likeness (QED) is 0.794. The summed E-state index contributed by atoms with van der Waals surface area (Å²) in [5, 5.41) is 2.72. The SMILES string of the molecule is CCP(=O)(O)CC(C)C(=O)Nc1ccccc1. The van der Waals surface area contributed by atoms with Gasteiger partial charge < -0.3 is 10.2 Å². The Morgan fingerprint density at radius 2 is 2.00 bits per heavy atom. The molecule has 2 atom stereocenters. The molecule has 17 heavy (non-hydrogen) atoms. The first-order valence-electron chi connectivity index (χ1n) is 5.61. The lowest BCUT2D eigenvalue weighted by atomic mass is 10.2.